The summed E-state index contributed by atoms with van der Waals surface area (Å²) in [6.07, 6.45) is -0.126. The Labute approximate surface area is 120 Å². The largest absolute Gasteiger partial charge is 0.481 e. The van der Waals surface area contributed by atoms with Crippen LogP contribution in [0.2, 0.25) is 5.02 Å². The molecule has 0 aromatic heterocycles. The number of fused-ring (bicyclic) bond motifs is 1. The van der Waals surface area contributed by atoms with E-state index < -0.39 is 12.0 Å². The minimum atomic E-state index is -0.967. The zero-order valence-electron chi connectivity index (χ0n) is 10.7. The van der Waals surface area contributed by atoms with Crippen molar-refractivity contribution in [3.8, 4) is 11.5 Å². The molecule has 1 aliphatic heterocycles. The molecule has 1 aromatic rings. The third-order valence-electron chi connectivity index (χ3n) is 2.71. The van der Waals surface area contributed by atoms with Gasteiger partial charge in [-0.15, -0.1) is 0 Å². The number of aliphatic carboxylic acids is 1. The van der Waals surface area contributed by atoms with Crippen LogP contribution in [-0.4, -0.2) is 42.4 Å². The molecular weight excluding hydrogens is 288 g/mol. The molecule has 2 rings (SSSR count). The van der Waals surface area contributed by atoms with E-state index in [1.165, 1.54) is 11.9 Å². The fourth-order valence-corrected chi connectivity index (χ4v) is 1.79. The van der Waals surface area contributed by atoms with Gasteiger partial charge >= 0.3 is 12.0 Å². The molecule has 1 heterocycles. The van der Waals surface area contributed by atoms with Gasteiger partial charge in [-0.05, 0) is 0 Å². The van der Waals surface area contributed by atoms with Gasteiger partial charge in [-0.25, -0.2) is 4.79 Å². The van der Waals surface area contributed by atoms with Crippen molar-refractivity contribution < 1.29 is 24.2 Å². The molecule has 1 aliphatic rings. The molecular formula is C12H13ClN2O5. The molecule has 0 fully saturated rings. The maximum Gasteiger partial charge on any atom is 0.321 e. The average Bonchev–Trinajstić information content (AvgIpc) is 2.83. The number of urea groups is 1. The lowest BCUT2D eigenvalue weighted by molar-refractivity contribution is -0.137. The predicted octanol–water partition coefficient (Wildman–Crippen LogP) is 2.01. The molecule has 108 valence electrons. The van der Waals surface area contributed by atoms with Crippen LogP contribution in [0.5, 0.6) is 11.5 Å². The Morgan fingerprint density at radius 3 is 2.70 bits per heavy atom. The Morgan fingerprint density at radius 1 is 1.40 bits per heavy atom. The summed E-state index contributed by atoms with van der Waals surface area (Å²) in [5, 5.41) is 11.5. The number of amides is 2. The number of halogens is 1. The summed E-state index contributed by atoms with van der Waals surface area (Å²) in [4.78, 5) is 23.6. The highest BCUT2D eigenvalue weighted by molar-refractivity contribution is 6.34. The van der Waals surface area contributed by atoms with Crippen molar-refractivity contribution in [1.29, 1.82) is 0 Å². The lowest BCUT2D eigenvalue weighted by Gasteiger charge is -2.17. The van der Waals surface area contributed by atoms with E-state index in [0.29, 0.717) is 22.2 Å². The number of nitrogens with one attached hydrogen (secondary N) is 1. The smallest absolute Gasteiger partial charge is 0.321 e. The van der Waals surface area contributed by atoms with Crippen molar-refractivity contribution in [2.75, 3.05) is 25.7 Å². The first-order valence-corrected chi connectivity index (χ1v) is 6.18. The fourth-order valence-electron chi connectivity index (χ4n) is 1.59. The van der Waals surface area contributed by atoms with Crippen LogP contribution in [0.25, 0.3) is 0 Å². The van der Waals surface area contributed by atoms with Crippen LogP contribution in [0.3, 0.4) is 0 Å². The second kappa shape index (κ2) is 5.87. The number of carbonyl (C=O) groups is 2. The minimum absolute atomic E-state index is 0.101. The van der Waals surface area contributed by atoms with Gasteiger partial charge in [-0.1, -0.05) is 11.6 Å². The van der Waals surface area contributed by atoms with Gasteiger partial charge in [-0.2, -0.15) is 0 Å². The van der Waals surface area contributed by atoms with Gasteiger partial charge in [0.05, 0.1) is 17.1 Å². The van der Waals surface area contributed by atoms with E-state index in [4.69, 9.17) is 26.2 Å². The number of hydrogen-bond acceptors (Lipinski definition) is 4. The molecule has 1 aromatic carbocycles. The third kappa shape index (κ3) is 3.24. The van der Waals surface area contributed by atoms with Crippen molar-refractivity contribution in [2.45, 2.75) is 6.42 Å². The van der Waals surface area contributed by atoms with Gasteiger partial charge in [0.2, 0.25) is 6.79 Å². The number of benzene rings is 1. The standard InChI is InChI=1S/C12H13ClN2O5/c1-15(3-2-11(16)17)12(18)14-8-5-10-9(4-7(8)13)19-6-20-10/h4-5H,2-3,6H2,1H3,(H,14,18)(H,16,17). The highest BCUT2D eigenvalue weighted by Crippen LogP contribution is 2.39. The molecule has 0 radical (unpaired) electrons. The number of carbonyl (C=O) groups excluding carboxylic acids is 1. The molecule has 2 N–H and O–H groups in total. The number of hydrogen-bond donors (Lipinski definition) is 2. The van der Waals surface area contributed by atoms with Crippen LogP contribution in [0.4, 0.5) is 10.5 Å². The Balaban J connectivity index is 2.02. The van der Waals surface area contributed by atoms with Crippen molar-refractivity contribution in [1.82, 2.24) is 4.90 Å². The maximum atomic E-state index is 11.9. The molecule has 2 amide bonds. The molecule has 7 nitrogen and oxygen atoms in total. The van der Waals surface area contributed by atoms with Gasteiger partial charge in [0, 0.05) is 25.7 Å². The number of nitrogens with zero attached hydrogens (tertiary/aromatic N) is 1. The molecule has 0 unspecified atom stereocenters. The SMILES string of the molecule is CN(CCC(=O)O)C(=O)Nc1cc2c(cc1Cl)OCO2. The second-order valence-electron chi connectivity index (χ2n) is 4.18. The van der Waals surface area contributed by atoms with Gasteiger partial charge < -0.3 is 24.8 Å². The quantitative estimate of drug-likeness (QED) is 0.888. The van der Waals surface area contributed by atoms with E-state index >= 15 is 0 Å². The van der Waals surface area contributed by atoms with Crippen molar-refractivity contribution >= 4 is 29.3 Å². The number of carboxylic acid groups (broad SMARTS) is 1. The molecule has 0 aliphatic carbocycles. The van der Waals surface area contributed by atoms with Gasteiger partial charge in [0.15, 0.2) is 11.5 Å². The first-order chi connectivity index (χ1) is 9.47. The van der Waals surface area contributed by atoms with Crippen molar-refractivity contribution in [2.24, 2.45) is 0 Å². The van der Waals surface area contributed by atoms with Crippen LogP contribution >= 0.6 is 11.6 Å². The zero-order chi connectivity index (χ0) is 14.7. The summed E-state index contributed by atoms with van der Waals surface area (Å²) in [6.45, 7) is 0.213. The average molecular weight is 301 g/mol. The van der Waals surface area contributed by atoms with Crippen LogP contribution in [0.15, 0.2) is 12.1 Å². The van der Waals surface area contributed by atoms with Gasteiger partial charge in [-0.3, -0.25) is 4.79 Å². The topological polar surface area (TPSA) is 88.1 Å². The Hall–Kier alpha value is -2.15. The van der Waals surface area contributed by atoms with Gasteiger partial charge in [0.25, 0.3) is 0 Å². The lowest BCUT2D eigenvalue weighted by Crippen LogP contribution is -2.33. The van der Waals surface area contributed by atoms with E-state index in [9.17, 15) is 9.59 Å². The van der Waals surface area contributed by atoms with E-state index in [1.807, 2.05) is 0 Å². The molecule has 0 saturated heterocycles. The summed E-state index contributed by atoms with van der Waals surface area (Å²) in [5.74, 6) is 0.0517. The second-order valence-corrected chi connectivity index (χ2v) is 4.59. The summed E-state index contributed by atoms with van der Waals surface area (Å²) in [5.41, 5.74) is 0.378. The summed E-state index contributed by atoms with van der Waals surface area (Å²) < 4.78 is 10.3. The number of anilines is 1. The van der Waals surface area contributed by atoms with Crippen LogP contribution in [0.1, 0.15) is 6.42 Å². The first-order valence-electron chi connectivity index (χ1n) is 5.80. The minimum Gasteiger partial charge on any atom is -0.481 e. The first kappa shape index (κ1) is 14.3. The highest BCUT2D eigenvalue weighted by atomic mass is 35.5. The van der Waals surface area contributed by atoms with E-state index in [2.05, 4.69) is 5.32 Å². The summed E-state index contributed by atoms with van der Waals surface area (Å²) >= 11 is 6.02. The fraction of sp³-hybridized carbons (Fsp3) is 0.333. The van der Waals surface area contributed by atoms with Crippen LogP contribution < -0.4 is 14.8 Å². The summed E-state index contributed by atoms with van der Waals surface area (Å²) in [6, 6.07) is 2.66. The monoisotopic (exact) mass is 300 g/mol. The molecule has 0 bridgehead atoms. The predicted molar refractivity (Wildman–Crippen MR) is 71.5 cm³/mol. The number of rotatable bonds is 4. The molecule has 8 heteroatoms. The Bertz CT molecular complexity index is 549. The molecule has 0 spiro atoms. The van der Waals surface area contributed by atoms with E-state index in [-0.39, 0.29) is 19.8 Å². The Morgan fingerprint density at radius 2 is 2.05 bits per heavy atom. The van der Waals surface area contributed by atoms with Crippen molar-refractivity contribution in [3.63, 3.8) is 0 Å². The molecule has 0 atom stereocenters. The number of ether oxygens (including phenoxy) is 2. The van der Waals surface area contributed by atoms with Crippen LogP contribution in [-0.2, 0) is 4.79 Å². The molecule has 0 saturated carbocycles. The van der Waals surface area contributed by atoms with Crippen molar-refractivity contribution in [3.05, 3.63) is 17.2 Å². The van der Waals surface area contributed by atoms with E-state index in [1.54, 1.807) is 12.1 Å². The van der Waals surface area contributed by atoms with Crippen LogP contribution in [0, 0.1) is 0 Å². The molecule has 20 heavy (non-hydrogen) atoms. The summed E-state index contributed by atoms with van der Waals surface area (Å²) in [7, 11) is 1.50. The van der Waals surface area contributed by atoms with E-state index in [0.717, 1.165) is 0 Å². The maximum absolute atomic E-state index is 11.9. The third-order valence-corrected chi connectivity index (χ3v) is 3.02. The lowest BCUT2D eigenvalue weighted by atomic mass is 10.3. The Kier molecular flexibility index (Phi) is 4.19. The zero-order valence-corrected chi connectivity index (χ0v) is 11.4. The van der Waals surface area contributed by atoms with Gasteiger partial charge in [0.1, 0.15) is 0 Å². The normalized spacial score (nSPS) is 12.1. The number of carboxylic acids is 1. The highest BCUT2D eigenvalue weighted by Gasteiger charge is 2.18.